The Kier molecular flexibility index (Phi) is 5.81. The fourth-order valence-electron chi connectivity index (χ4n) is 4.32. The Morgan fingerprint density at radius 2 is 1.26 bits per heavy atom. The number of hydrogen-bond donors (Lipinski definition) is 0. The van der Waals surface area contributed by atoms with Crippen LogP contribution in [0.4, 0.5) is 0 Å². The van der Waals surface area contributed by atoms with Crippen LogP contribution in [0.3, 0.4) is 0 Å². The van der Waals surface area contributed by atoms with E-state index >= 15 is 0 Å². The van der Waals surface area contributed by atoms with E-state index in [4.69, 9.17) is 0 Å². The van der Waals surface area contributed by atoms with E-state index in [-0.39, 0.29) is 0 Å². The van der Waals surface area contributed by atoms with Crippen molar-refractivity contribution < 1.29 is 0 Å². The quantitative estimate of drug-likeness (QED) is 0.638. The van der Waals surface area contributed by atoms with E-state index in [1.165, 1.54) is 5.56 Å². The van der Waals surface area contributed by atoms with Crippen molar-refractivity contribution in [2.24, 2.45) is 0 Å². The van der Waals surface area contributed by atoms with E-state index in [0.717, 1.165) is 23.2 Å². The first-order chi connectivity index (χ1) is 8.83. The summed E-state index contributed by atoms with van der Waals surface area (Å²) in [7, 11) is 0.866. The Bertz CT molecular complexity index is 348. The molecule has 0 saturated carbocycles. The molecule has 1 aromatic carbocycles. The molecule has 0 fully saturated rings. The van der Waals surface area contributed by atoms with Crippen molar-refractivity contribution in [1.29, 1.82) is 0 Å². The molecular weight excluding hydrogens is 246 g/mol. The van der Waals surface area contributed by atoms with Gasteiger partial charge in [-0.2, -0.15) is 0 Å². The Hall–Kier alpha value is -0.603. The van der Waals surface area contributed by atoms with Gasteiger partial charge in [-0.15, -0.1) is 0 Å². The maximum atomic E-state index is 2.71. The second kappa shape index (κ2) is 6.71. The number of hydrogen-bond acceptors (Lipinski definition) is 1. The van der Waals surface area contributed by atoms with Crippen molar-refractivity contribution in [3.63, 3.8) is 0 Å². The van der Waals surface area contributed by atoms with Gasteiger partial charge in [-0.25, -0.2) is 0 Å². The van der Waals surface area contributed by atoms with Crippen LogP contribution in [-0.2, 0) is 6.54 Å². The Morgan fingerprint density at radius 1 is 0.842 bits per heavy atom. The minimum Gasteiger partial charge on any atom is -0.321 e. The first kappa shape index (κ1) is 16.5. The molecule has 0 saturated heterocycles. The number of benzene rings is 1. The van der Waals surface area contributed by atoms with Crippen LogP contribution in [0, 0.1) is 0 Å². The van der Waals surface area contributed by atoms with Crippen molar-refractivity contribution in [2.75, 3.05) is 7.05 Å². The van der Waals surface area contributed by atoms with Gasteiger partial charge in [-0.05, 0) is 29.2 Å². The minimum atomic E-state index is -1.48. The molecule has 1 aromatic rings. The molecule has 0 atom stereocenters. The van der Waals surface area contributed by atoms with Crippen LogP contribution in [-0.4, -0.2) is 19.8 Å². The van der Waals surface area contributed by atoms with Gasteiger partial charge in [0.25, 0.3) is 0 Å². The van der Waals surface area contributed by atoms with Gasteiger partial charge in [0, 0.05) is 6.54 Å². The van der Waals surface area contributed by atoms with Gasteiger partial charge in [0.15, 0.2) is 0 Å². The standard InChI is InChI=1S/C17H31NSi/c1-14(2)19(15(3)4,16(5)6)18(7)13-17-11-9-8-10-12-17/h8-12,14-16H,13H2,1-7H3. The third-order valence-electron chi connectivity index (χ3n) is 4.70. The molecule has 0 spiro atoms. The molecule has 1 rings (SSSR count). The van der Waals surface area contributed by atoms with Gasteiger partial charge in [0.2, 0.25) is 0 Å². The summed E-state index contributed by atoms with van der Waals surface area (Å²) in [5, 5.41) is 0. The molecule has 0 aliphatic rings. The summed E-state index contributed by atoms with van der Waals surface area (Å²) >= 11 is 0. The van der Waals surface area contributed by atoms with E-state index in [1.807, 2.05) is 0 Å². The first-order valence-corrected chi connectivity index (χ1v) is 9.76. The SMILES string of the molecule is CC(C)[Si](C(C)C)(C(C)C)N(C)Cc1ccccc1. The summed E-state index contributed by atoms with van der Waals surface area (Å²) in [5.41, 5.74) is 3.77. The molecule has 2 heteroatoms. The zero-order valence-electron chi connectivity index (χ0n) is 13.8. The zero-order valence-corrected chi connectivity index (χ0v) is 14.8. The molecule has 0 unspecified atom stereocenters. The monoisotopic (exact) mass is 277 g/mol. The summed E-state index contributed by atoms with van der Waals surface area (Å²) in [6, 6.07) is 10.9. The summed E-state index contributed by atoms with van der Waals surface area (Å²) in [6.45, 7) is 15.6. The van der Waals surface area contributed by atoms with E-state index < -0.39 is 8.24 Å². The Labute approximate surface area is 121 Å². The fraction of sp³-hybridized carbons (Fsp3) is 0.647. The highest BCUT2D eigenvalue weighted by atomic mass is 28.3. The van der Waals surface area contributed by atoms with E-state index in [1.54, 1.807) is 0 Å². The van der Waals surface area contributed by atoms with Crippen LogP contribution in [0.25, 0.3) is 0 Å². The van der Waals surface area contributed by atoms with E-state index in [2.05, 4.69) is 83.5 Å². The average molecular weight is 278 g/mol. The van der Waals surface area contributed by atoms with Crippen LogP contribution in [0.5, 0.6) is 0 Å². The fourth-order valence-corrected chi connectivity index (χ4v) is 11.4. The highest BCUT2D eigenvalue weighted by Crippen LogP contribution is 2.43. The molecule has 19 heavy (non-hydrogen) atoms. The molecule has 0 radical (unpaired) electrons. The number of rotatable bonds is 6. The maximum Gasteiger partial charge on any atom is 0.136 e. The average Bonchev–Trinajstić information content (AvgIpc) is 2.29. The molecule has 0 amide bonds. The van der Waals surface area contributed by atoms with Crippen molar-refractivity contribution in [1.82, 2.24) is 4.57 Å². The van der Waals surface area contributed by atoms with Crippen molar-refractivity contribution >= 4 is 8.24 Å². The molecule has 0 bridgehead atoms. The summed E-state index contributed by atoms with van der Waals surface area (Å²) < 4.78 is 2.71. The molecular formula is C17H31NSi. The summed E-state index contributed by atoms with van der Waals surface area (Å²) in [4.78, 5) is 0. The molecule has 0 aliphatic carbocycles. The molecule has 0 heterocycles. The smallest absolute Gasteiger partial charge is 0.136 e. The lowest BCUT2D eigenvalue weighted by atomic mass is 10.2. The third kappa shape index (κ3) is 3.29. The first-order valence-electron chi connectivity index (χ1n) is 7.58. The summed E-state index contributed by atoms with van der Waals surface area (Å²) in [5.74, 6) is 0. The normalized spacial score (nSPS) is 13.0. The van der Waals surface area contributed by atoms with Gasteiger partial charge in [0.05, 0.1) is 0 Å². The van der Waals surface area contributed by atoms with Gasteiger partial charge in [-0.3, -0.25) is 0 Å². The molecule has 108 valence electrons. The molecule has 1 nitrogen and oxygen atoms in total. The highest BCUT2D eigenvalue weighted by molar-refractivity contribution is 6.80. The van der Waals surface area contributed by atoms with Crippen LogP contribution in [0.15, 0.2) is 30.3 Å². The van der Waals surface area contributed by atoms with Crippen LogP contribution < -0.4 is 0 Å². The Morgan fingerprint density at radius 3 is 1.63 bits per heavy atom. The van der Waals surface area contributed by atoms with E-state index in [9.17, 15) is 0 Å². The largest absolute Gasteiger partial charge is 0.321 e. The van der Waals surface area contributed by atoms with Crippen molar-refractivity contribution in [3.8, 4) is 0 Å². The van der Waals surface area contributed by atoms with Gasteiger partial charge >= 0.3 is 0 Å². The second-order valence-electron chi connectivity index (χ2n) is 6.69. The summed E-state index contributed by atoms with van der Waals surface area (Å²) in [6.07, 6.45) is 0. The van der Waals surface area contributed by atoms with Gasteiger partial charge < -0.3 is 4.57 Å². The second-order valence-corrected chi connectivity index (χ2v) is 12.7. The zero-order chi connectivity index (χ0) is 14.6. The van der Waals surface area contributed by atoms with Crippen molar-refractivity contribution in [3.05, 3.63) is 35.9 Å². The molecule has 0 aromatic heterocycles. The van der Waals surface area contributed by atoms with Crippen molar-refractivity contribution in [2.45, 2.75) is 64.7 Å². The van der Waals surface area contributed by atoms with Gasteiger partial charge in [0.1, 0.15) is 8.24 Å². The van der Waals surface area contributed by atoms with Crippen LogP contribution >= 0.6 is 0 Å². The number of nitrogens with zero attached hydrogens (tertiary/aromatic N) is 1. The lowest BCUT2D eigenvalue weighted by Crippen LogP contribution is -2.58. The minimum absolute atomic E-state index is 0.779. The Balaban J connectivity index is 3.04. The predicted octanol–water partition coefficient (Wildman–Crippen LogP) is 5.29. The maximum absolute atomic E-state index is 2.71. The van der Waals surface area contributed by atoms with E-state index in [0.29, 0.717) is 0 Å². The molecule has 0 N–H and O–H groups in total. The predicted molar refractivity (Wildman–Crippen MR) is 89.0 cm³/mol. The topological polar surface area (TPSA) is 3.24 Å². The van der Waals surface area contributed by atoms with Crippen LogP contribution in [0.2, 0.25) is 16.6 Å². The lowest BCUT2D eigenvalue weighted by molar-refractivity contribution is 0.454. The van der Waals surface area contributed by atoms with Crippen LogP contribution in [0.1, 0.15) is 47.1 Å². The molecule has 0 aliphatic heterocycles. The lowest BCUT2D eigenvalue weighted by Gasteiger charge is -2.49. The van der Waals surface area contributed by atoms with Gasteiger partial charge in [-0.1, -0.05) is 71.9 Å². The third-order valence-corrected chi connectivity index (χ3v) is 11.7. The highest BCUT2D eigenvalue weighted by Gasteiger charge is 2.46.